The lowest BCUT2D eigenvalue weighted by atomic mass is 10.0. The van der Waals surface area contributed by atoms with Gasteiger partial charge in [0.25, 0.3) is 5.91 Å². The van der Waals surface area contributed by atoms with Gasteiger partial charge in [-0.25, -0.2) is 0 Å². The molecule has 0 bridgehead atoms. The number of aliphatic hydroxyl groups is 1. The van der Waals surface area contributed by atoms with Crippen LogP contribution in [0.2, 0.25) is 0 Å². The van der Waals surface area contributed by atoms with Crippen molar-refractivity contribution in [2.24, 2.45) is 5.92 Å². The van der Waals surface area contributed by atoms with E-state index in [4.69, 9.17) is 0 Å². The quantitative estimate of drug-likeness (QED) is 0.852. The van der Waals surface area contributed by atoms with E-state index in [0.717, 1.165) is 30.8 Å². The molecule has 1 aliphatic heterocycles. The molecule has 24 heavy (non-hydrogen) atoms. The first kappa shape index (κ1) is 16.5. The standard InChI is InChI=1S/C18H22N4O2/c1-19-18(24)14-4-2-13(3-5-14)10-22-11-15(17(23)12-22)8-16-9-20-6-7-21-16/h2-7,9,15,17,23H,8,10-12H2,1H3,(H,19,24)/t15-,17-/m1/s1. The zero-order valence-corrected chi connectivity index (χ0v) is 13.7. The minimum absolute atomic E-state index is 0.0813. The fourth-order valence-electron chi connectivity index (χ4n) is 3.14. The summed E-state index contributed by atoms with van der Waals surface area (Å²) in [7, 11) is 1.62. The molecule has 2 atom stereocenters. The van der Waals surface area contributed by atoms with Gasteiger partial charge in [0.2, 0.25) is 0 Å². The average molecular weight is 326 g/mol. The Kier molecular flexibility index (Phi) is 5.17. The number of carbonyl (C=O) groups is 1. The molecule has 3 rings (SSSR count). The van der Waals surface area contributed by atoms with Crippen molar-refractivity contribution in [2.45, 2.75) is 19.1 Å². The van der Waals surface area contributed by atoms with Crippen LogP contribution in [0, 0.1) is 5.92 Å². The molecule has 0 radical (unpaired) electrons. The van der Waals surface area contributed by atoms with Crippen molar-refractivity contribution < 1.29 is 9.90 Å². The molecule has 6 heteroatoms. The summed E-state index contributed by atoms with van der Waals surface area (Å²) in [5.74, 6) is 0.0917. The molecule has 2 heterocycles. The van der Waals surface area contributed by atoms with Crippen LogP contribution in [0.1, 0.15) is 21.6 Å². The summed E-state index contributed by atoms with van der Waals surface area (Å²) < 4.78 is 0. The Morgan fingerprint density at radius 2 is 2.08 bits per heavy atom. The maximum absolute atomic E-state index is 11.6. The van der Waals surface area contributed by atoms with E-state index in [1.165, 1.54) is 0 Å². The smallest absolute Gasteiger partial charge is 0.251 e. The molecule has 0 spiro atoms. The number of nitrogens with zero attached hydrogens (tertiary/aromatic N) is 3. The largest absolute Gasteiger partial charge is 0.391 e. The van der Waals surface area contributed by atoms with Crippen LogP contribution in [0.5, 0.6) is 0 Å². The number of aromatic nitrogens is 2. The number of carbonyl (C=O) groups excluding carboxylic acids is 1. The van der Waals surface area contributed by atoms with Crippen LogP contribution in [0.15, 0.2) is 42.9 Å². The number of likely N-dealkylation sites (tertiary alicyclic amines) is 1. The lowest BCUT2D eigenvalue weighted by molar-refractivity contribution is 0.0963. The Hall–Kier alpha value is -2.31. The third-order valence-electron chi connectivity index (χ3n) is 4.42. The lowest BCUT2D eigenvalue weighted by Crippen LogP contribution is -2.21. The first-order valence-corrected chi connectivity index (χ1v) is 8.12. The van der Waals surface area contributed by atoms with Crippen LogP contribution < -0.4 is 5.32 Å². The predicted molar refractivity (Wildman–Crippen MR) is 90.3 cm³/mol. The topological polar surface area (TPSA) is 78.4 Å². The Morgan fingerprint density at radius 3 is 2.75 bits per heavy atom. The van der Waals surface area contributed by atoms with Gasteiger partial charge in [0.1, 0.15) is 0 Å². The second kappa shape index (κ2) is 7.51. The van der Waals surface area contributed by atoms with Crippen LogP contribution in [0.4, 0.5) is 0 Å². The van der Waals surface area contributed by atoms with E-state index < -0.39 is 0 Å². The number of nitrogens with one attached hydrogen (secondary N) is 1. The predicted octanol–water partition coefficient (Wildman–Crippen LogP) is 0.872. The Balaban J connectivity index is 1.58. The molecule has 0 saturated carbocycles. The number of hydrogen-bond acceptors (Lipinski definition) is 5. The minimum Gasteiger partial charge on any atom is -0.391 e. The van der Waals surface area contributed by atoms with E-state index in [1.807, 2.05) is 24.3 Å². The van der Waals surface area contributed by atoms with E-state index >= 15 is 0 Å². The van der Waals surface area contributed by atoms with Gasteiger partial charge in [0.05, 0.1) is 11.8 Å². The molecule has 1 aromatic heterocycles. The molecule has 1 aliphatic rings. The second-order valence-corrected chi connectivity index (χ2v) is 6.20. The number of hydrogen-bond donors (Lipinski definition) is 2. The Labute approximate surface area is 141 Å². The van der Waals surface area contributed by atoms with Crippen molar-refractivity contribution >= 4 is 5.91 Å². The molecular weight excluding hydrogens is 304 g/mol. The van der Waals surface area contributed by atoms with Gasteiger partial charge in [-0.3, -0.25) is 19.7 Å². The van der Waals surface area contributed by atoms with Crippen molar-refractivity contribution in [1.82, 2.24) is 20.2 Å². The van der Waals surface area contributed by atoms with Gasteiger partial charge in [-0.2, -0.15) is 0 Å². The van der Waals surface area contributed by atoms with Crippen molar-refractivity contribution in [2.75, 3.05) is 20.1 Å². The molecule has 0 aliphatic carbocycles. The van der Waals surface area contributed by atoms with Gasteiger partial charge in [0.15, 0.2) is 0 Å². The fraction of sp³-hybridized carbons (Fsp3) is 0.389. The lowest BCUT2D eigenvalue weighted by Gasteiger charge is -2.15. The first-order chi connectivity index (χ1) is 11.7. The van der Waals surface area contributed by atoms with Crippen molar-refractivity contribution in [3.63, 3.8) is 0 Å². The molecular formula is C18H22N4O2. The molecule has 2 N–H and O–H groups in total. The number of β-amino-alcohol motifs (C(OH)–C–C–N with tert-alkyl or cyclic N) is 1. The summed E-state index contributed by atoms with van der Waals surface area (Å²) in [4.78, 5) is 22.2. The summed E-state index contributed by atoms with van der Waals surface area (Å²) in [6, 6.07) is 7.59. The number of amides is 1. The molecule has 1 amide bonds. The number of aliphatic hydroxyl groups excluding tert-OH is 1. The molecule has 1 fully saturated rings. The van der Waals surface area contributed by atoms with Crippen LogP contribution >= 0.6 is 0 Å². The minimum atomic E-state index is -0.350. The van der Waals surface area contributed by atoms with Crippen molar-refractivity contribution in [1.29, 1.82) is 0 Å². The highest BCUT2D eigenvalue weighted by Gasteiger charge is 2.31. The van der Waals surface area contributed by atoms with Crippen LogP contribution in [0.3, 0.4) is 0 Å². The molecule has 0 unspecified atom stereocenters. The summed E-state index contributed by atoms with van der Waals surface area (Å²) in [5.41, 5.74) is 2.71. The van der Waals surface area contributed by atoms with E-state index in [0.29, 0.717) is 12.1 Å². The molecule has 1 aromatic carbocycles. The Morgan fingerprint density at radius 1 is 1.29 bits per heavy atom. The fourth-order valence-corrected chi connectivity index (χ4v) is 3.14. The maximum atomic E-state index is 11.6. The van der Waals surface area contributed by atoms with Crippen molar-refractivity contribution in [3.05, 3.63) is 59.7 Å². The summed E-state index contributed by atoms with van der Waals surface area (Å²) in [6.45, 7) is 2.25. The molecule has 2 aromatic rings. The third kappa shape index (κ3) is 3.96. The maximum Gasteiger partial charge on any atom is 0.251 e. The highest BCUT2D eigenvalue weighted by molar-refractivity contribution is 5.93. The molecule has 1 saturated heterocycles. The van der Waals surface area contributed by atoms with Crippen LogP contribution in [0.25, 0.3) is 0 Å². The van der Waals surface area contributed by atoms with Gasteiger partial charge >= 0.3 is 0 Å². The highest BCUT2D eigenvalue weighted by Crippen LogP contribution is 2.22. The summed E-state index contributed by atoms with van der Waals surface area (Å²) in [5, 5.41) is 12.9. The zero-order chi connectivity index (χ0) is 16.9. The molecule has 126 valence electrons. The molecule has 6 nitrogen and oxygen atoms in total. The van der Waals surface area contributed by atoms with E-state index in [-0.39, 0.29) is 17.9 Å². The number of benzene rings is 1. The van der Waals surface area contributed by atoms with E-state index in [2.05, 4.69) is 20.2 Å². The van der Waals surface area contributed by atoms with E-state index in [9.17, 15) is 9.90 Å². The number of rotatable bonds is 5. The first-order valence-electron chi connectivity index (χ1n) is 8.12. The van der Waals surface area contributed by atoms with Crippen LogP contribution in [-0.4, -0.2) is 52.1 Å². The third-order valence-corrected chi connectivity index (χ3v) is 4.42. The van der Waals surface area contributed by atoms with Gasteiger partial charge < -0.3 is 10.4 Å². The average Bonchev–Trinajstić information content (AvgIpc) is 2.95. The van der Waals surface area contributed by atoms with Gasteiger partial charge in [-0.1, -0.05) is 12.1 Å². The van der Waals surface area contributed by atoms with Gasteiger partial charge in [-0.05, 0) is 24.1 Å². The summed E-state index contributed by atoms with van der Waals surface area (Å²) >= 11 is 0. The highest BCUT2D eigenvalue weighted by atomic mass is 16.3. The van der Waals surface area contributed by atoms with E-state index in [1.54, 1.807) is 25.6 Å². The van der Waals surface area contributed by atoms with Gasteiger partial charge in [0, 0.05) is 56.8 Å². The van der Waals surface area contributed by atoms with Gasteiger partial charge in [-0.15, -0.1) is 0 Å². The van der Waals surface area contributed by atoms with Crippen molar-refractivity contribution in [3.8, 4) is 0 Å². The SMILES string of the molecule is CNC(=O)c1ccc(CN2C[C@@H](Cc3cnccn3)[C@H](O)C2)cc1. The zero-order valence-electron chi connectivity index (χ0n) is 13.7. The Bertz CT molecular complexity index is 675. The second-order valence-electron chi connectivity index (χ2n) is 6.20. The normalized spacial score (nSPS) is 20.9. The monoisotopic (exact) mass is 326 g/mol. The summed E-state index contributed by atoms with van der Waals surface area (Å²) in [6.07, 6.45) is 5.48. The van der Waals surface area contributed by atoms with Crippen LogP contribution in [-0.2, 0) is 13.0 Å².